The van der Waals surface area contributed by atoms with E-state index in [2.05, 4.69) is 4.74 Å². The van der Waals surface area contributed by atoms with Crippen molar-refractivity contribution in [1.29, 1.82) is 0 Å². The molecule has 0 atom stereocenters. The number of hydrogen-bond donors (Lipinski definition) is 1. The quantitative estimate of drug-likeness (QED) is 0.300. The summed E-state index contributed by atoms with van der Waals surface area (Å²) >= 11 is 0. The molecule has 0 saturated heterocycles. The molecular weight excluding hydrogens is 288 g/mol. The molecule has 0 spiro atoms. The highest BCUT2D eigenvalue weighted by atomic mass is 19.2. The Bertz CT molecular complexity index is 582. The number of ketones is 1. The van der Waals surface area contributed by atoms with Crippen LogP contribution in [0.15, 0.2) is 0 Å². The van der Waals surface area contributed by atoms with E-state index in [-0.39, 0.29) is 6.61 Å². The first-order chi connectivity index (χ1) is 9.23. The highest BCUT2D eigenvalue weighted by molar-refractivity contribution is 6.40. The van der Waals surface area contributed by atoms with E-state index in [4.69, 9.17) is 5.11 Å². The average molecular weight is 294 g/mol. The molecule has 1 aromatic rings. The zero-order valence-corrected chi connectivity index (χ0v) is 9.80. The Labute approximate surface area is 108 Å². The van der Waals surface area contributed by atoms with E-state index in [0.29, 0.717) is 0 Å². The summed E-state index contributed by atoms with van der Waals surface area (Å²) in [5.41, 5.74) is -3.75. The van der Waals surface area contributed by atoms with Gasteiger partial charge in [-0.05, 0) is 6.92 Å². The van der Waals surface area contributed by atoms with Gasteiger partial charge in [0.1, 0.15) is 11.1 Å². The van der Waals surface area contributed by atoms with Crippen LogP contribution in [0.25, 0.3) is 0 Å². The van der Waals surface area contributed by atoms with E-state index in [0.717, 1.165) is 0 Å². The van der Waals surface area contributed by atoms with E-state index in [1.807, 2.05) is 0 Å². The lowest BCUT2D eigenvalue weighted by molar-refractivity contribution is -0.137. The first-order valence-electron chi connectivity index (χ1n) is 5.04. The molecule has 0 heterocycles. The Hall–Kier alpha value is -2.45. The lowest BCUT2D eigenvalue weighted by Gasteiger charge is -2.08. The van der Waals surface area contributed by atoms with Crippen molar-refractivity contribution < 1.29 is 41.8 Å². The number of carbonyl (C=O) groups is 3. The highest BCUT2D eigenvalue weighted by Crippen LogP contribution is 2.25. The third kappa shape index (κ3) is 2.46. The van der Waals surface area contributed by atoms with Gasteiger partial charge in [0.25, 0.3) is 5.78 Å². The standard InChI is InChI=1S/C11H6F4O5/c1-2-20-11(19)9(16)3-5(12)7(14)4(10(17)18)8(15)6(3)13/h2H2,1H3,(H,17,18). The molecule has 20 heavy (non-hydrogen) atoms. The SMILES string of the molecule is CCOC(=O)C(=O)c1c(F)c(F)c(C(=O)O)c(F)c1F. The van der Waals surface area contributed by atoms with Gasteiger partial charge in [0.15, 0.2) is 23.3 Å². The molecule has 0 bridgehead atoms. The molecular formula is C11H6F4O5. The molecule has 1 aromatic carbocycles. The van der Waals surface area contributed by atoms with Crippen molar-refractivity contribution in [2.45, 2.75) is 6.92 Å². The molecule has 0 amide bonds. The number of carbonyl (C=O) groups excluding carboxylic acids is 2. The van der Waals surface area contributed by atoms with Crippen LogP contribution in [0.3, 0.4) is 0 Å². The van der Waals surface area contributed by atoms with Gasteiger partial charge >= 0.3 is 11.9 Å². The minimum atomic E-state index is -2.29. The summed E-state index contributed by atoms with van der Waals surface area (Å²) in [6.07, 6.45) is 0. The van der Waals surface area contributed by atoms with Crippen LogP contribution < -0.4 is 0 Å². The topological polar surface area (TPSA) is 80.7 Å². The monoisotopic (exact) mass is 294 g/mol. The van der Waals surface area contributed by atoms with Crippen LogP contribution in [-0.2, 0) is 9.53 Å². The average Bonchev–Trinajstić information content (AvgIpc) is 2.36. The summed E-state index contributed by atoms with van der Waals surface area (Å²) in [6, 6.07) is 0. The van der Waals surface area contributed by atoms with Crippen molar-refractivity contribution in [3.63, 3.8) is 0 Å². The first-order valence-corrected chi connectivity index (χ1v) is 5.04. The summed E-state index contributed by atoms with van der Waals surface area (Å²) in [5.74, 6) is -15.1. The fourth-order valence-corrected chi connectivity index (χ4v) is 1.32. The zero-order chi connectivity index (χ0) is 15.6. The predicted octanol–water partition coefficient (Wildman–Crippen LogP) is 1.69. The maximum atomic E-state index is 13.4. The molecule has 0 radical (unpaired) electrons. The molecule has 0 aliphatic rings. The van der Waals surface area contributed by atoms with Crippen LogP contribution >= 0.6 is 0 Å². The number of Topliss-reactive ketones (excluding diaryl/α,β-unsaturated/α-hetero) is 1. The zero-order valence-electron chi connectivity index (χ0n) is 9.80. The van der Waals surface area contributed by atoms with Crippen molar-refractivity contribution in [2.24, 2.45) is 0 Å². The number of carboxylic acids is 1. The second kappa shape index (κ2) is 5.68. The summed E-state index contributed by atoms with van der Waals surface area (Å²) < 4.78 is 57.6. The maximum Gasteiger partial charge on any atom is 0.379 e. The summed E-state index contributed by atoms with van der Waals surface area (Å²) in [5, 5.41) is 8.43. The Morgan fingerprint density at radius 2 is 1.35 bits per heavy atom. The van der Waals surface area contributed by atoms with Gasteiger partial charge in [-0.25, -0.2) is 27.2 Å². The molecule has 9 heteroatoms. The van der Waals surface area contributed by atoms with Crippen molar-refractivity contribution >= 4 is 17.7 Å². The van der Waals surface area contributed by atoms with E-state index in [1.165, 1.54) is 6.92 Å². The van der Waals surface area contributed by atoms with Crippen LogP contribution in [0.1, 0.15) is 27.6 Å². The highest BCUT2D eigenvalue weighted by Gasteiger charge is 2.35. The van der Waals surface area contributed by atoms with E-state index < -0.39 is 52.1 Å². The molecule has 0 saturated carbocycles. The number of aromatic carboxylic acids is 1. The largest absolute Gasteiger partial charge is 0.477 e. The van der Waals surface area contributed by atoms with Crippen molar-refractivity contribution in [2.75, 3.05) is 6.61 Å². The lowest BCUT2D eigenvalue weighted by atomic mass is 10.0. The van der Waals surface area contributed by atoms with E-state index in [9.17, 15) is 31.9 Å². The van der Waals surface area contributed by atoms with Gasteiger partial charge in [-0.1, -0.05) is 0 Å². The third-order valence-electron chi connectivity index (χ3n) is 2.17. The molecule has 1 N–H and O–H groups in total. The number of benzene rings is 1. The van der Waals surface area contributed by atoms with Gasteiger partial charge < -0.3 is 9.84 Å². The van der Waals surface area contributed by atoms with Gasteiger partial charge in [0.2, 0.25) is 0 Å². The van der Waals surface area contributed by atoms with Crippen LogP contribution in [0.2, 0.25) is 0 Å². The Balaban J connectivity index is 3.55. The number of rotatable bonds is 4. The fourth-order valence-electron chi connectivity index (χ4n) is 1.32. The number of carboxylic acid groups (broad SMARTS) is 1. The fraction of sp³-hybridized carbons (Fsp3) is 0.182. The number of halogens is 4. The van der Waals surface area contributed by atoms with E-state index in [1.54, 1.807) is 0 Å². The molecule has 0 aliphatic heterocycles. The number of hydrogen-bond acceptors (Lipinski definition) is 4. The maximum absolute atomic E-state index is 13.4. The van der Waals surface area contributed by atoms with Crippen LogP contribution in [0.5, 0.6) is 0 Å². The Morgan fingerprint density at radius 3 is 1.70 bits per heavy atom. The lowest BCUT2D eigenvalue weighted by Crippen LogP contribution is -2.23. The van der Waals surface area contributed by atoms with Gasteiger partial charge in [0.05, 0.1) is 6.61 Å². The second-order valence-electron chi connectivity index (χ2n) is 3.36. The molecule has 108 valence electrons. The third-order valence-corrected chi connectivity index (χ3v) is 2.17. The number of ether oxygens (including phenoxy) is 1. The molecule has 0 aliphatic carbocycles. The summed E-state index contributed by atoms with van der Waals surface area (Å²) in [4.78, 5) is 32.8. The van der Waals surface area contributed by atoms with Gasteiger partial charge in [-0.15, -0.1) is 0 Å². The molecule has 0 fully saturated rings. The minimum absolute atomic E-state index is 0.314. The Morgan fingerprint density at radius 1 is 0.950 bits per heavy atom. The first kappa shape index (κ1) is 15.6. The predicted molar refractivity (Wildman–Crippen MR) is 54.2 cm³/mol. The van der Waals surface area contributed by atoms with Crippen molar-refractivity contribution in [3.05, 3.63) is 34.4 Å². The Kier molecular flexibility index (Phi) is 4.43. The van der Waals surface area contributed by atoms with Crippen molar-refractivity contribution in [3.8, 4) is 0 Å². The van der Waals surface area contributed by atoms with Crippen LogP contribution in [0.4, 0.5) is 17.6 Å². The molecule has 0 aromatic heterocycles. The normalized spacial score (nSPS) is 10.2. The smallest absolute Gasteiger partial charge is 0.379 e. The van der Waals surface area contributed by atoms with Gasteiger partial charge in [-0.2, -0.15) is 0 Å². The minimum Gasteiger partial charge on any atom is -0.477 e. The van der Waals surface area contributed by atoms with Crippen LogP contribution in [0, 0.1) is 23.3 Å². The van der Waals surface area contributed by atoms with E-state index >= 15 is 0 Å². The van der Waals surface area contributed by atoms with Gasteiger partial charge in [0, 0.05) is 0 Å². The number of esters is 1. The second-order valence-corrected chi connectivity index (χ2v) is 3.36. The van der Waals surface area contributed by atoms with Crippen molar-refractivity contribution in [1.82, 2.24) is 0 Å². The summed E-state index contributed by atoms with van der Waals surface area (Å²) in [7, 11) is 0. The summed E-state index contributed by atoms with van der Waals surface area (Å²) in [6.45, 7) is 0.971. The molecule has 1 rings (SSSR count). The van der Waals surface area contributed by atoms with Gasteiger partial charge in [-0.3, -0.25) is 4.79 Å². The molecule has 5 nitrogen and oxygen atoms in total. The van der Waals surface area contributed by atoms with Crippen LogP contribution in [-0.4, -0.2) is 29.4 Å². The molecule has 0 unspecified atom stereocenters.